The first-order valence-electron chi connectivity index (χ1n) is 5.77. The molecule has 1 saturated carbocycles. The van der Waals surface area contributed by atoms with Gasteiger partial charge < -0.3 is 19.5 Å². The highest BCUT2D eigenvalue weighted by Crippen LogP contribution is 2.39. The minimum absolute atomic E-state index is 0.0717. The molecule has 1 saturated heterocycles. The number of aliphatic hydroxyl groups excluding tert-OH is 1. The molecule has 2 N–H and O–H groups in total. The van der Waals surface area contributed by atoms with Crippen LogP contribution in [0.3, 0.4) is 0 Å². The maximum absolute atomic E-state index is 10.7. The van der Waals surface area contributed by atoms with Gasteiger partial charge in [-0.25, -0.2) is 4.79 Å². The highest BCUT2D eigenvalue weighted by Gasteiger charge is 2.43. The third-order valence-corrected chi connectivity index (χ3v) is 3.80. The van der Waals surface area contributed by atoms with Gasteiger partial charge >= 0.3 is 5.97 Å². The first-order chi connectivity index (χ1) is 8.15. The van der Waals surface area contributed by atoms with E-state index in [2.05, 4.69) is 4.98 Å². The predicted molar refractivity (Wildman–Crippen MR) is 57.9 cm³/mol. The average Bonchev–Trinajstić information content (AvgIpc) is 2.95. The van der Waals surface area contributed by atoms with Crippen LogP contribution < -0.4 is 4.90 Å². The van der Waals surface area contributed by atoms with Gasteiger partial charge in [0.05, 0.1) is 6.10 Å². The lowest BCUT2D eigenvalue weighted by Gasteiger charge is -2.15. The molecule has 2 aliphatic rings. The monoisotopic (exact) mass is 238 g/mol. The van der Waals surface area contributed by atoms with Crippen molar-refractivity contribution in [2.24, 2.45) is 11.8 Å². The van der Waals surface area contributed by atoms with E-state index in [0.717, 1.165) is 25.6 Å². The zero-order valence-electron chi connectivity index (χ0n) is 9.24. The molecule has 1 aliphatic carbocycles. The van der Waals surface area contributed by atoms with E-state index in [1.54, 1.807) is 0 Å². The average molecular weight is 238 g/mol. The molecule has 3 unspecified atom stereocenters. The Morgan fingerprint density at radius 3 is 2.94 bits per heavy atom. The second-order valence-corrected chi connectivity index (χ2v) is 4.79. The second-order valence-electron chi connectivity index (χ2n) is 4.79. The summed E-state index contributed by atoms with van der Waals surface area (Å²) < 4.78 is 5.16. The number of nitrogens with zero attached hydrogens (tertiary/aromatic N) is 2. The highest BCUT2D eigenvalue weighted by molar-refractivity contribution is 5.85. The van der Waals surface area contributed by atoms with Crippen LogP contribution in [0.5, 0.6) is 0 Å². The number of fused-ring (bicyclic) bond motifs is 1. The number of hydrogen-bond acceptors (Lipinski definition) is 5. The van der Waals surface area contributed by atoms with E-state index in [1.165, 1.54) is 0 Å². The topological polar surface area (TPSA) is 86.8 Å². The fraction of sp³-hybridized carbons (Fsp3) is 0.636. The largest absolute Gasteiger partial charge is 0.476 e. The van der Waals surface area contributed by atoms with Crippen molar-refractivity contribution in [1.29, 1.82) is 0 Å². The Labute approximate surface area is 97.9 Å². The van der Waals surface area contributed by atoms with Crippen molar-refractivity contribution in [3.8, 4) is 0 Å². The Bertz CT molecular complexity index is 444. The zero-order valence-corrected chi connectivity index (χ0v) is 9.24. The molecule has 0 amide bonds. The van der Waals surface area contributed by atoms with Crippen LogP contribution in [0.4, 0.5) is 6.01 Å². The summed E-state index contributed by atoms with van der Waals surface area (Å²) in [7, 11) is 0. The maximum atomic E-state index is 10.7. The van der Waals surface area contributed by atoms with Crippen LogP contribution in [0.25, 0.3) is 0 Å². The number of aromatic nitrogens is 1. The van der Waals surface area contributed by atoms with Crippen molar-refractivity contribution in [2.75, 3.05) is 18.0 Å². The van der Waals surface area contributed by atoms with Crippen LogP contribution in [0.15, 0.2) is 10.7 Å². The van der Waals surface area contributed by atoms with E-state index in [-0.39, 0.29) is 17.7 Å². The van der Waals surface area contributed by atoms with E-state index in [0.29, 0.717) is 18.5 Å². The van der Waals surface area contributed by atoms with E-state index < -0.39 is 5.97 Å². The molecular formula is C11H14N2O4. The van der Waals surface area contributed by atoms with Crippen molar-refractivity contribution in [1.82, 2.24) is 4.98 Å². The van der Waals surface area contributed by atoms with Gasteiger partial charge in [0.15, 0.2) is 5.69 Å². The summed E-state index contributed by atoms with van der Waals surface area (Å²) in [4.78, 5) is 16.5. The molecular weight excluding hydrogens is 224 g/mol. The number of rotatable bonds is 2. The summed E-state index contributed by atoms with van der Waals surface area (Å²) in [6.45, 7) is 1.49. The predicted octanol–water partition coefficient (Wildman–Crippen LogP) is 0.580. The summed E-state index contributed by atoms with van der Waals surface area (Å²) >= 11 is 0. The first kappa shape index (κ1) is 10.6. The van der Waals surface area contributed by atoms with Crippen LogP contribution in [0.1, 0.15) is 23.3 Å². The van der Waals surface area contributed by atoms with Gasteiger partial charge in [0.1, 0.15) is 6.26 Å². The summed E-state index contributed by atoms with van der Waals surface area (Å²) in [5.41, 5.74) is -0.0717. The van der Waals surface area contributed by atoms with Gasteiger partial charge in [0.25, 0.3) is 6.01 Å². The van der Waals surface area contributed by atoms with E-state index >= 15 is 0 Å². The van der Waals surface area contributed by atoms with Crippen molar-refractivity contribution in [3.63, 3.8) is 0 Å². The summed E-state index contributed by atoms with van der Waals surface area (Å²) in [6, 6.07) is 0.351. The molecule has 0 aromatic carbocycles. The van der Waals surface area contributed by atoms with Crippen LogP contribution in [-0.4, -0.2) is 40.4 Å². The number of carboxylic acid groups (broad SMARTS) is 1. The lowest BCUT2D eigenvalue weighted by atomic mass is 10.00. The van der Waals surface area contributed by atoms with Crippen LogP contribution in [0, 0.1) is 11.8 Å². The lowest BCUT2D eigenvalue weighted by molar-refractivity contribution is 0.0690. The van der Waals surface area contributed by atoms with Crippen molar-refractivity contribution in [2.45, 2.75) is 18.9 Å². The molecule has 3 rings (SSSR count). The Hall–Kier alpha value is -1.56. The van der Waals surface area contributed by atoms with Crippen molar-refractivity contribution in [3.05, 3.63) is 12.0 Å². The number of aromatic carboxylic acids is 1. The summed E-state index contributed by atoms with van der Waals surface area (Å²) in [6.07, 6.45) is 2.81. The quantitative estimate of drug-likeness (QED) is 0.783. The molecule has 2 heterocycles. The lowest BCUT2D eigenvalue weighted by Crippen LogP contribution is -2.24. The molecule has 1 aliphatic heterocycles. The minimum Gasteiger partial charge on any atom is -0.476 e. The van der Waals surface area contributed by atoms with Gasteiger partial charge in [-0.2, -0.15) is 4.98 Å². The number of anilines is 1. The summed E-state index contributed by atoms with van der Waals surface area (Å²) in [5, 5.41) is 18.5. The van der Waals surface area contributed by atoms with Crippen LogP contribution >= 0.6 is 0 Å². The fourth-order valence-electron chi connectivity index (χ4n) is 2.90. The molecule has 17 heavy (non-hydrogen) atoms. The standard InChI is InChI=1S/C11H14N2O4/c14-9-2-1-6-3-13(4-7(6)9)11-12-8(5-17-11)10(15)16/h5-7,9,14H,1-4H2,(H,15,16). The number of carboxylic acids is 1. The molecule has 1 aromatic heterocycles. The fourth-order valence-corrected chi connectivity index (χ4v) is 2.90. The van der Waals surface area contributed by atoms with E-state index in [4.69, 9.17) is 9.52 Å². The first-order valence-corrected chi connectivity index (χ1v) is 5.77. The van der Waals surface area contributed by atoms with Crippen LogP contribution in [-0.2, 0) is 0 Å². The van der Waals surface area contributed by atoms with Gasteiger partial charge in [0, 0.05) is 19.0 Å². The van der Waals surface area contributed by atoms with Gasteiger partial charge in [-0.15, -0.1) is 0 Å². The molecule has 6 nitrogen and oxygen atoms in total. The number of hydrogen-bond donors (Lipinski definition) is 2. The van der Waals surface area contributed by atoms with Gasteiger partial charge in [-0.05, 0) is 18.8 Å². The number of oxazole rings is 1. The number of carbonyl (C=O) groups is 1. The van der Waals surface area contributed by atoms with Crippen molar-refractivity contribution >= 4 is 12.0 Å². The zero-order chi connectivity index (χ0) is 12.0. The maximum Gasteiger partial charge on any atom is 0.357 e. The van der Waals surface area contributed by atoms with Gasteiger partial charge in [-0.3, -0.25) is 0 Å². The normalized spacial score (nSPS) is 31.8. The third-order valence-electron chi connectivity index (χ3n) is 3.80. The smallest absolute Gasteiger partial charge is 0.357 e. The Kier molecular flexibility index (Phi) is 2.32. The molecule has 0 bridgehead atoms. The molecule has 3 atom stereocenters. The molecule has 0 spiro atoms. The molecule has 1 aromatic rings. The number of aliphatic hydroxyl groups is 1. The van der Waals surface area contributed by atoms with Gasteiger partial charge in [0.2, 0.25) is 0 Å². The Balaban J connectivity index is 1.76. The van der Waals surface area contributed by atoms with E-state index in [1.807, 2.05) is 4.90 Å². The third kappa shape index (κ3) is 1.68. The SMILES string of the molecule is O=C(O)c1coc(N2CC3CCC(O)C3C2)n1. The molecule has 2 fully saturated rings. The highest BCUT2D eigenvalue weighted by atomic mass is 16.4. The van der Waals surface area contributed by atoms with E-state index in [9.17, 15) is 9.90 Å². The second kappa shape index (κ2) is 3.73. The molecule has 0 radical (unpaired) electrons. The minimum atomic E-state index is -1.08. The van der Waals surface area contributed by atoms with Crippen molar-refractivity contribution < 1.29 is 19.4 Å². The molecule has 6 heteroatoms. The Morgan fingerprint density at radius 2 is 2.29 bits per heavy atom. The summed E-state index contributed by atoms with van der Waals surface area (Å²) in [5.74, 6) is -0.334. The molecule has 92 valence electrons. The van der Waals surface area contributed by atoms with Gasteiger partial charge in [-0.1, -0.05) is 0 Å². The Morgan fingerprint density at radius 1 is 1.47 bits per heavy atom. The van der Waals surface area contributed by atoms with Crippen LogP contribution in [0.2, 0.25) is 0 Å².